The van der Waals surface area contributed by atoms with Gasteiger partial charge in [0.25, 0.3) is 0 Å². The minimum atomic E-state index is 0.131. The normalized spacial score (nSPS) is 13.9. The number of hydrogen-bond acceptors (Lipinski definition) is 1. The molecule has 1 aliphatic rings. The number of aryl methyl sites for hydroxylation is 2. The largest absolute Gasteiger partial charge is 0.289 e. The first kappa shape index (κ1) is 12.9. The Balaban J connectivity index is 1.96. The molecule has 96 valence electrons. The fourth-order valence-electron chi connectivity index (χ4n) is 2.67. The Kier molecular flexibility index (Phi) is 3.69. The molecule has 2 aromatic rings. The molecule has 0 radical (unpaired) electrons. The molecular weight excluding hydrogens is 347 g/mol. The van der Waals surface area contributed by atoms with E-state index in [0.717, 1.165) is 27.5 Å². The van der Waals surface area contributed by atoms with E-state index < -0.39 is 0 Å². The summed E-state index contributed by atoms with van der Waals surface area (Å²) in [7, 11) is 0. The maximum Gasteiger partial charge on any atom is 0.193 e. The van der Waals surface area contributed by atoms with Crippen molar-refractivity contribution in [3.63, 3.8) is 0 Å². The number of carbonyl (C=O) groups is 1. The number of fused-ring (bicyclic) bond motifs is 1. The molecule has 2 aromatic carbocycles. The average molecular weight is 362 g/mol. The Hall–Kier alpha value is -1.16. The fourth-order valence-corrected chi connectivity index (χ4v) is 3.21. The zero-order chi connectivity index (χ0) is 13.2. The SMILES string of the molecule is O=C(c1cccc(I)c1)c1ccc2c(c1)CCCC2. The van der Waals surface area contributed by atoms with E-state index in [1.54, 1.807) is 0 Å². The van der Waals surface area contributed by atoms with Gasteiger partial charge in [-0.15, -0.1) is 0 Å². The first-order valence-corrected chi connectivity index (χ1v) is 7.74. The van der Waals surface area contributed by atoms with Gasteiger partial charge in [-0.3, -0.25) is 4.79 Å². The van der Waals surface area contributed by atoms with Crippen molar-refractivity contribution in [3.8, 4) is 0 Å². The molecule has 0 unspecified atom stereocenters. The smallest absolute Gasteiger partial charge is 0.193 e. The number of carbonyl (C=O) groups excluding carboxylic acids is 1. The van der Waals surface area contributed by atoms with Crippen LogP contribution in [0.25, 0.3) is 0 Å². The van der Waals surface area contributed by atoms with E-state index in [-0.39, 0.29) is 5.78 Å². The standard InChI is InChI=1S/C17H15IO/c18-16-7-3-6-14(11-16)17(19)15-9-8-12-4-1-2-5-13(12)10-15/h3,6-11H,1-2,4-5H2. The summed E-state index contributed by atoms with van der Waals surface area (Å²) in [5, 5.41) is 0. The fraction of sp³-hybridized carbons (Fsp3) is 0.235. The van der Waals surface area contributed by atoms with E-state index in [1.165, 1.54) is 24.0 Å². The third kappa shape index (κ3) is 2.73. The maximum absolute atomic E-state index is 12.5. The summed E-state index contributed by atoms with van der Waals surface area (Å²) in [5.74, 6) is 0.131. The van der Waals surface area contributed by atoms with Gasteiger partial charge < -0.3 is 0 Å². The van der Waals surface area contributed by atoms with E-state index in [2.05, 4.69) is 34.7 Å². The van der Waals surface area contributed by atoms with Crippen LogP contribution in [0.5, 0.6) is 0 Å². The number of halogens is 1. The van der Waals surface area contributed by atoms with Crippen LogP contribution >= 0.6 is 22.6 Å². The lowest BCUT2D eigenvalue weighted by atomic mass is 9.89. The molecule has 0 aromatic heterocycles. The topological polar surface area (TPSA) is 17.1 Å². The Morgan fingerprint density at radius 2 is 1.63 bits per heavy atom. The number of benzene rings is 2. The van der Waals surface area contributed by atoms with E-state index in [4.69, 9.17) is 0 Å². The molecule has 2 heteroatoms. The van der Waals surface area contributed by atoms with Gasteiger partial charge in [0, 0.05) is 14.7 Å². The highest BCUT2D eigenvalue weighted by Crippen LogP contribution is 2.23. The van der Waals surface area contributed by atoms with Gasteiger partial charge in [0.15, 0.2) is 5.78 Å². The summed E-state index contributed by atoms with van der Waals surface area (Å²) < 4.78 is 1.10. The first-order valence-electron chi connectivity index (χ1n) is 6.66. The zero-order valence-corrected chi connectivity index (χ0v) is 12.8. The van der Waals surface area contributed by atoms with Crippen LogP contribution in [0.3, 0.4) is 0 Å². The van der Waals surface area contributed by atoms with Gasteiger partial charge in [0.2, 0.25) is 0 Å². The van der Waals surface area contributed by atoms with Gasteiger partial charge in [0.1, 0.15) is 0 Å². The number of ketones is 1. The Morgan fingerprint density at radius 3 is 2.42 bits per heavy atom. The second kappa shape index (κ2) is 5.45. The van der Waals surface area contributed by atoms with E-state index >= 15 is 0 Å². The van der Waals surface area contributed by atoms with Crippen molar-refractivity contribution in [2.24, 2.45) is 0 Å². The first-order chi connectivity index (χ1) is 9.24. The quantitative estimate of drug-likeness (QED) is 0.572. The van der Waals surface area contributed by atoms with Gasteiger partial charge in [-0.05, 0) is 77.6 Å². The second-order valence-corrected chi connectivity index (χ2v) is 6.28. The van der Waals surface area contributed by atoms with Crippen LogP contribution in [0.4, 0.5) is 0 Å². The second-order valence-electron chi connectivity index (χ2n) is 5.03. The predicted molar refractivity (Wildman–Crippen MR) is 85.7 cm³/mol. The van der Waals surface area contributed by atoms with Gasteiger partial charge >= 0.3 is 0 Å². The van der Waals surface area contributed by atoms with Crippen molar-refractivity contribution in [1.29, 1.82) is 0 Å². The average Bonchev–Trinajstić information content (AvgIpc) is 2.46. The molecule has 0 saturated heterocycles. The highest BCUT2D eigenvalue weighted by molar-refractivity contribution is 14.1. The molecule has 0 fully saturated rings. The molecule has 3 rings (SSSR count). The highest BCUT2D eigenvalue weighted by Gasteiger charge is 2.14. The predicted octanol–water partition coefficient (Wildman–Crippen LogP) is 4.40. The Morgan fingerprint density at radius 1 is 0.895 bits per heavy atom. The minimum absolute atomic E-state index is 0.131. The lowest BCUT2D eigenvalue weighted by Gasteiger charge is -2.16. The zero-order valence-electron chi connectivity index (χ0n) is 10.7. The van der Waals surface area contributed by atoms with Crippen LogP contribution in [0.2, 0.25) is 0 Å². The molecule has 0 saturated carbocycles. The van der Waals surface area contributed by atoms with Gasteiger partial charge in [-0.1, -0.05) is 24.3 Å². The van der Waals surface area contributed by atoms with Crippen LogP contribution in [-0.4, -0.2) is 5.78 Å². The van der Waals surface area contributed by atoms with Crippen molar-refractivity contribution < 1.29 is 4.79 Å². The molecule has 0 bridgehead atoms. The summed E-state index contributed by atoms with van der Waals surface area (Å²) in [6.07, 6.45) is 4.79. The van der Waals surface area contributed by atoms with Gasteiger partial charge in [-0.2, -0.15) is 0 Å². The van der Waals surface area contributed by atoms with Crippen molar-refractivity contribution >= 4 is 28.4 Å². The van der Waals surface area contributed by atoms with E-state index in [1.807, 2.05) is 30.3 Å². The minimum Gasteiger partial charge on any atom is -0.289 e. The van der Waals surface area contributed by atoms with Crippen molar-refractivity contribution in [1.82, 2.24) is 0 Å². The van der Waals surface area contributed by atoms with Crippen LogP contribution in [-0.2, 0) is 12.8 Å². The van der Waals surface area contributed by atoms with Crippen molar-refractivity contribution in [3.05, 3.63) is 68.3 Å². The summed E-state index contributed by atoms with van der Waals surface area (Å²) in [4.78, 5) is 12.5. The molecule has 0 aliphatic heterocycles. The van der Waals surface area contributed by atoms with Crippen LogP contribution in [0, 0.1) is 3.57 Å². The number of hydrogen-bond donors (Lipinski definition) is 0. The number of rotatable bonds is 2. The lowest BCUT2D eigenvalue weighted by Crippen LogP contribution is -2.07. The summed E-state index contributed by atoms with van der Waals surface area (Å²) in [6.45, 7) is 0. The van der Waals surface area contributed by atoms with E-state index in [0.29, 0.717) is 0 Å². The van der Waals surface area contributed by atoms with Crippen molar-refractivity contribution in [2.45, 2.75) is 25.7 Å². The molecule has 0 N–H and O–H groups in total. The molecule has 0 atom stereocenters. The van der Waals surface area contributed by atoms with Gasteiger partial charge in [-0.25, -0.2) is 0 Å². The summed E-state index contributed by atoms with van der Waals surface area (Å²) >= 11 is 2.24. The molecule has 0 spiro atoms. The van der Waals surface area contributed by atoms with E-state index in [9.17, 15) is 4.79 Å². The molecule has 19 heavy (non-hydrogen) atoms. The Labute approximate surface area is 127 Å². The summed E-state index contributed by atoms with van der Waals surface area (Å²) in [5.41, 5.74) is 4.39. The molecule has 1 aliphatic carbocycles. The molecule has 0 heterocycles. The van der Waals surface area contributed by atoms with Gasteiger partial charge in [0.05, 0.1) is 0 Å². The Bertz CT molecular complexity index is 631. The monoisotopic (exact) mass is 362 g/mol. The third-order valence-corrected chi connectivity index (χ3v) is 4.37. The third-order valence-electron chi connectivity index (χ3n) is 3.70. The maximum atomic E-state index is 12.5. The lowest BCUT2D eigenvalue weighted by molar-refractivity contribution is 0.103. The highest BCUT2D eigenvalue weighted by atomic mass is 127. The van der Waals surface area contributed by atoms with Crippen LogP contribution in [0.1, 0.15) is 39.9 Å². The molecule has 0 amide bonds. The van der Waals surface area contributed by atoms with Crippen LogP contribution in [0.15, 0.2) is 42.5 Å². The summed E-state index contributed by atoms with van der Waals surface area (Å²) in [6, 6.07) is 14.0. The van der Waals surface area contributed by atoms with Crippen LogP contribution < -0.4 is 0 Å². The van der Waals surface area contributed by atoms with Crippen molar-refractivity contribution in [2.75, 3.05) is 0 Å². The molecule has 1 nitrogen and oxygen atoms in total. The molecular formula is C17H15IO.